The summed E-state index contributed by atoms with van der Waals surface area (Å²) in [5.74, 6) is 3.50. The highest BCUT2D eigenvalue weighted by Crippen LogP contribution is 2.35. The number of amides is 1. The van der Waals surface area contributed by atoms with Crippen LogP contribution in [0.15, 0.2) is 23.1 Å². The normalized spacial score (nSPS) is 15.0. The highest BCUT2D eigenvalue weighted by atomic mass is 32.2. The van der Waals surface area contributed by atoms with Gasteiger partial charge in [-0.1, -0.05) is 5.92 Å². The lowest BCUT2D eigenvalue weighted by atomic mass is 9.89. The molecule has 7 nitrogen and oxygen atoms in total. The van der Waals surface area contributed by atoms with Gasteiger partial charge in [0, 0.05) is 20.0 Å². The lowest BCUT2D eigenvalue weighted by molar-refractivity contribution is -0.134. The summed E-state index contributed by atoms with van der Waals surface area (Å²) in [6.45, 7) is 4.45. The number of rotatable bonds is 6. The van der Waals surface area contributed by atoms with Gasteiger partial charge in [-0.2, -0.15) is 0 Å². The molecule has 1 heterocycles. The topological polar surface area (TPSA) is 101 Å². The predicted octanol–water partition coefficient (Wildman–Crippen LogP) is 1.67. The lowest BCUT2D eigenvalue weighted by Crippen LogP contribution is -2.36. The van der Waals surface area contributed by atoms with Crippen molar-refractivity contribution < 1.29 is 27.9 Å². The van der Waals surface area contributed by atoms with Gasteiger partial charge in [0.2, 0.25) is 5.91 Å². The van der Waals surface area contributed by atoms with E-state index in [0.717, 1.165) is 0 Å². The van der Waals surface area contributed by atoms with Gasteiger partial charge in [0.1, 0.15) is 12.4 Å². The average molecular weight is 393 g/mol. The standard InChI is InChI=1S/C19H23NO6S/c1-3-4-11-26-16-5-6-18(27(24,25)13-19(22)23)17(12-16)15-7-9-20(10-8-15)14(2)21/h5-6,12,15H,7-11,13H2,1-2H3,(H,22,23). The zero-order chi connectivity index (χ0) is 20.0. The van der Waals surface area contributed by atoms with Gasteiger partial charge in [-0.05, 0) is 49.4 Å². The van der Waals surface area contributed by atoms with Gasteiger partial charge in [-0.25, -0.2) is 8.42 Å². The van der Waals surface area contributed by atoms with E-state index in [-0.39, 0.29) is 23.3 Å². The quantitative estimate of drug-likeness (QED) is 0.738. The Labute approximate surface area is 159 Å². The van der Waals surface area contributed by atoms with Crippen LogP contribution in [0.5, 0.6) is 5.75 Å². The fraction of sp³-hybridized carbons (Fsp3) is 0.474. The molecule has 1 N–H and O–H groups in total. The van der Waals surface area contributed by atoms with Gasteiger partial charge >= 0.3 is 5.97 Å². The minimum absolute atomic E-state index is 0.0117. The van der Waals surface area contributed by atoms with Gasteiger partial charge in [-0.15, -0.1) is 5.92 Å². The molecule has 27 heavy (non-hydrogen) atoms. The molecule has 1 aromatic carbocycles. The molecule has 0 bridgehead atoms. The van der Waals surface area contributed by atoms with E-state index in [2.05, 4.69) is 11.8 Å². The number of benzene rings is 1. The second kappa shape index (κ2) is 8.91. The van der Waals surface area contributed by atoms with Crippen molar-refractivity contribution in [1.82, 2.24) is 4.90 Å². The Bertz CT molecular complexity index is 873. The number of aliphatic carboxylic acids is 1. The van der Waals surface area contributed by atoms with Crippen LogP contribution in [0.3, 0.4) is 0 Å². The first-order valence-corrected chi connectivity index (χ1v) is 10.3. The van der Waals surface area contributed by atoms with E-state index in [4.69, 9.17) is 9.84 Å². The van der Waals surface area contributed by atoms with Crippen LogP contribution >= 0.6 is 0 Å². The molecular weight excluding hydrogens is 370 g/mol. The van der Waals surface area contributed by atoms with E-state index >= 15 is 0 Å². The predicted molar refractivity (Wildman–Crippen MR) is 99.3 cm³/mol. The van der Waals surface area contributed by atoms with Gasteiger partial charge in [-0.3, -0.25) is 9.59 Å². The minimum Gasteiger partial charge on any atom is -0.481 e. The fourth-order valence-corrected chi connectivity index (χ4v) is 4.50. The zero-order valence-corrected chi connectivity index (χ0v) is 16.2. The number of carbonyl (C=O) groups excluding carboxylic acids is 1. The summed E-state index contributed by atoms with van der Waals surface area (Å²) in [5.41, 5.74) is 0.543. The van der Waals surface area contributed by atoms with Gasteiger partial charge in [0.05, 0.1) is 4.90 Å². The molecular formula is C19H23NO6S. The highest BCUT2D eigenvalue weighted by Gasteiger charge is 2.29. The van der Waals surface area contributed by atoms with Crippen LogP contribution in [0.4, 0.5) is 0 Å². The third-order valence-corrected chi connectivity index (χ3v) is 6.17. The monoisotopic (exact) mass is 393 g/mol. The van der Waals surface area contributed by atoms with E-state index in [1.807, 2.05) is 0 Å². The first-order valence-electron chi connectivity index (χ1n) is 8.61. The molecule has 1 aliphatic heterocycles. The number of likely N-dealkylation sites (tertiary alicyclic amines) is 1. The molecule has 1 saturated heterocycles. The molecule has 0 atom stereocenters. The van der Waals surface area contributed by atoms with Crippen LogP contribution in [0.2, 0.25) is 0 Å². The van der Waals surface area contributed by atoms with Crippen LogP contribution in [-0.4, -0.2) is 55.7 Å². The molecule has 146 valence electrons. The van der Waals surface area contributed by atoms with Crippen molar-refractivity contribution in [2.45, 2.75) is 37.5 Å². The molecule has 0 radical (unpaired) electrons. The Balaban J connectivity index is 2.37. The fourth-order valence-electron chi connectivity index (χ4n) is 3.16. The van der Waals surface area contributed by atoms with E-state index < -0.39 is 21.6 Å². The molecule has 1 aromatic rings. The Morgan fingerprint density at radius 1 is 1.30 bits per heavy atom. The maximum Gasteiger partial charge on any atom is 0.319 e. The molecule has 0 saturated carbocycles. The molecule has 1 amide bonds. The third kappa shape index (κ3) is 5.47. The van der Waals surface area contributed by atoms with E-state index in [9.17, 15) is 18.0 Å². The summed E-state index contributed by atoms with van der Waals surface area (Å²) in [6.07, 6.45) is 1.21. The van der Waals surface area contributed by atoms with Crippen molar-refractivity contribution in [3.05, 3.63) is 23.8 Å². The molecule has 0 aromatic heterocycles. The average Bonchev–Trinajstić information content (AvgIpc) is 2.61. The SMILES string of the molecule is CC#CCOc1ccc(S(=O)(=O)CC(=O)O)c(C2CCN(C(C)=O)CC2)c1. The number of carboxylic acids is 1. The van der Waals surface area contributed by atoms with Gasteiger partial charge < -0.3 is 14.7 Å². The van der Waals surface area contributed by atoms with Crippen LogP contribution < -0.4 is 4.74 Å². The van der Waals surface area contributed by atoms with E-state index in [0.29, 0.717) is 37.2 Å². The molecule has 1 fully saturated rings. The maximum atomic E-state index is 12.5. The minimum atomic E-state index is -3.97. The number of hydrogen-bond acceptors (Lipinski definition) is 5. The molecule has 1 aliphatic rings. The van der Waals surface area contributed by atoms with Crippen LogP contribution in [0, 0.1) is 11.8 Å². The maximum absolute atomic E-state index is 12.5. The van der Waals surface area contributed by atoms with Gasteiger partial charge in [0.15, 0.2) is 15.6 Å². The zero-order valence-electron chi connectivity index (χ0n) is 15.4. The van der Waals surface area contributed by atoms with Crippen molar-refractivity contribution in [3.63, 3.8) is 0 Å². The smallest absolute Gasteiger partial charge is 0.319 e. The van der Waals surface area contributed by atoms with E-state index in [1.165, 1.54) is 19.1 Å². The second-order valence-electron chi connectivity index (χ2n) is 6.35. The Morgan fingerprint density at radius 2 is 1.96 bits per heavy atom. The number of piperidine rings is 1. The van der Waals surface area contributed by atoms with Crippen molar-refractivity contribution in [2.24, 2.45) is 0 Å². The van der Waals surface area contributed by atoms with Crippen LogP contribution in [0.25, 0.3) is 0 Å². The number of carbonyl (C=O) groups is 2. The number of sulfone groups is 1. The summed E-state index contributed by atoms with van der Waals surface area (Å²) in [6, 6.07) is 4.57. The lowest BCUT2D eigenvalue weighted by Gasteiger charge is -2.32. The summed E-state index contributed by atoms with van der Waals surface area (Å²) in [5, 5.41) is 8.94. The van der Waals surface area contributed by atoms with Crippen LogP contribution in [0.1, 0.15) is 38.2 Å². The second-order valence-corrected chi connectivity index (χ2v) is 8.31. The first-order chi connectivity index (χ1) is 12.7. The number of nitrogens with zero attached hydrogens (tertiary/aromatic N) is 1. The van der Waals surface area contributed by atoms with Crippen LogP contribution in [-0.2, 0) is 19.4 Å². The largest absolute Gasteiger partial charge is 0.481 e. The first kappa shape index (κ1) is 20.8. The molecule has 0 spiro atoms. The number of hydrogen-bond donors (Lipinski definition) is 1. The summed E-state index contributed by atoms with van der Waals surface area (Å²) in [7, 11) is -3.97. The molecule has 2 rings (SSSR count). The highest BCUT2D eigenvalue weighted by molar-refractivity contribution is 7.92. The Kier molecular flexibility index (Phi) is 6.86. The summed E-state index contributed by atoms with van der Waals surface area (Å²) < 4.78 is 30.6. The number of ether oxygens (including phenoxy) is 1. The van der Waals surface area contributed by atoms with Crippen molar-refractivity contribution >= 4 is 21.7 Å². The Hall–Kier alpha value is -2.53. The summed E-state index contributed by atoms with van der Waals surface area (Å²) in [4.78, 5) is 24.2. The number of carboxylic acid groups (broad SMARTS) is 1. The molecule has 0 aliphatic carbocycles. The van der Waals surface area contributed by atoms with Crippen molar-refractivity contribution in [2.75, 3.05) is 25.4 Å². The molecule has 0 unspecified atom stereocenters. The van der Waals surface area contributed by atoms with Crippen molar-refractivity contribution in [3.8, 4) is 17.6 Å². The van der Waals surface area contributed by atoms with Crippen molar-refractivity contribution in [1.29, 1.82) is 0 Å². The molecule has 8 heteroatoms. The summed E-state index contributed by atoms with van der Waals surface area (Å²) >= 11 is 0. The van der Waals surface area contributed by atoms with E-state index in [1.54, 1.807) is 17.9 Å². The Morgan fingerprint density at radius 3 is 2.52 bits per heavy atom. The van der Waals surface area contributed by atoms with Gasteiger partial charge in [0.25, 0.3) is 0 Å². The third-order valence-electron chi connectivity index (χ3n) is 4.50.